The molecule has 1 unspecified atom stereocenters. The van der Waals surface area contributed by atoms with E-state index in [9.17, 15) is 5.11 Å². The Bertz CT molecular complexity index is 392. The SMILES string of the molecule is CC(C)CCOCCN1CCC(O)c2ccccc21. The van der Waals surface area contributed by atoms with Gasteiger partial charge in [-0.15, -0.1) is 0 Å². The van der Waals surface area contributed by atoms with Crippen LogP contribution in [0.25, 0.3) is 0 Å². The van der Waals surface area contributed by atoms with Gasteiger partial charge in [0, 0.05) is 30.9 Å². The monoisotopic (exact) mass is 263 g/mol. The molecule has 1 aliphatic heterocycles. The van der Waals surface area contributed by atoms with Crippen molar-refractivity contribution in [3.05, 3.63) is 29.8 Å². The molecule has 0 aliphatic carbocycles. The maximum Gasteiger partial charge on any atom is 0.0826 e. The summed E-state index contributed by atoms with van der Waals surface area (Å²) in [7, 11) is 0. The topological polar surface area (TPSA) is 32.7 Å². The Morgan fingerprint density at radius 3 is 2.89 bits per heavy atom. The van der Waals surface area contributed by atoms with Crippen molar-refractivity contribution in [3.8, 4) is 0 Å². The summed E-state index contributed by atoms with van der Waals surface area (Å²) < 4.78 is 5.68. The molecule has 1 atom stereocenters. The molecule has 3 heteroatoms. The lowest BCUT2D eigenvalue weighted by atomic mass is 9.99. The molecule has 1 N–H and O–H groups in total. The zero-order chi connectivity index (χ0) is 13.7. The highest BCUT2D eigenvalue weighted by Crippen LogP contribution is 2.32. The first-order valence-electron chi connectivity index (χ1n) is 7.28. The van der Waals surface area contributed by atoms with Crippen molar-refractivity contribution in [2.75, 3.05) is 31.2 Å². The molecular weight excluding hydrogens is 238 g/mol. The Kier molecular flexibility index (Phi) is 5.23. The molecule has 106 valence electrons. The number of nitrogens with zero attached hydrogens (tertiary/aromatic N) is 1. The highest BCUT2D eigenvalue weighted by molar-refractivity contribution is 5.56. The summed E-state index contributed by atoms with van der Waals surface area (Å²) in [5.41, 5.74) is 2.21. The zero-order valence-electron chi connectivity index (χ0n) is 12.0. The number of anilines is 1. The number of benzene rings is 1. The van der Waals surface area contributed by atoms with Gasteiger partial charge in [0.25, 0.3) is 0 Å². The quantitative estimate of drug-likeness (QED) is 0.801. The molecule has 0 aromatic heterocycles. The van der Waals surface area contributed by atoms with Crippen LogP contribution in [0.4, 0.5) is 5.69 Å². The minimum Gasteiger partial charge on any atom is -0.388 e. The average Bonchev–Trinajstić information content (AvgIpc) is 2.41. The smallest absolute Gasteiger partial charge is 0.0826 e. The van der Waals surface area contributed by atoms with Crippen LogP contribution in [-0.2, 0) is 4.74 Å². The molecule has 3 nitrogen and oxygen atoms in total. The lowest BCUT2D eigenvalue weighted by Crippen LogP contribution is -2.34. The molecule has 1 heterocycles. The summed E-state index contributed by atoms with van der Waals surface area (Å²) in [5, 5.41) is 9.99. The number of rotatable bonds is 6. The first-order valence-corrected chi connectivity index (χ1v) is 7.28. The van der Waals surface area contributed by atoms with Crippen LogP contribution < -0.4 is 4.90 Å². The molecule has 1 aromatic carbocycles. The number of fused-ring (bicyclic) bond motifs is 1. The minimum absolute atomic E-state index is 0.311. The van der Waals surface area contributed by atoms with Crippen LogP contribution in [0.2, 0.25) is 0 Å². The number of ether oxygens (including phenoxy) is 1. The second kappa shape index (κ2) is 6.92. The van der Waals surface area contributed by atoms with E-state index in [0.717, 1.165) is 50.4 Å². The van der Waals surface area contributed by atoms with Gasteiger partial charge in [0.15, 0.2) is 0 Å². The lowest BCUT2D eigenvalue weighted by Gasteiger charge is -2.33. The number of aliphatic hydroxyl groups excluding tert-OH is 1. The van der Waals surface area contributed by atoms with Gasteiger partial charge in [-0.1, -0.05) is 32.0 Å². The fourth-order valence-electron chi connectivity index (χ4n) is 2.44. The number of hydrogen-bond acceptors (Lipinski definition) is 3. The van der Waals surface area contributed by atoms with Crippen molar-refractivity contribution in [1.29, 1.82) is 0 Å². The molecule has 0 saturated carbocycles. The molecule has 2 rings (SSSR count). The highest BCUT2D eigenvalue weighted by Gasteiger charge is 2.22. The van der Waals surface area contributed by atoms with Gasteiger partial charge in [-0.25, -0.2) is 0 Å². The largest absolute Gasteiger partial charge is 0.388 e. The van der Waals surface area contributed by atoms with Gasteiger partial charge in [-0.3, -0.25) is 0 Å². The predicted molar refractivity (Wildman–Crippen MR) is 78.5 cm³/mol. The third-order valence-electron chi connectivity index (χ3n) is 3.65. The molecule has 0 bridgehead atoms. The Morgan fingerprint density at radius 2 is 2.11 bits per heavy atom. The van der Waals surface area contributed by atoms with Gasteiger partial charge >= 0.3 is 0 Å². The maximum atomic E-state index is 9.99. The first kappa shape index (κ1) is 14.4. The van der Waals surface area contributed by atoms with Crippen molar-refractivity contribution in [1.82, 2.24) is 0 Å². The van der Waals surface area contributed by atoms with Crippen LogP contribution in [0, 0.1) is 5.92 Å². The standard InChI is InChI=1S/C16H25NO2/c1-13(2)8-11-19-12-10-17-9-7-16(18)14-5-3-4-6-15(14)17/h3-6,13,16,18H,7-12H2,1-2H3. The zero-order valence-corrected chi connectivity index (χ0v) is 12.0. The highest BCUT2D eigenvalue weighted by atomic mass is 16.5. The van der Waals surface area contributed by atoms with Gasteiger partial charge in [0.1, 0.15) is 0 Å². The van der Waals surface area contributed by atoms with Crippen LogP contribution in [0.5, 0.6) is 0 Å². The van der Waals surface area contributed by atoms with E-state index >= 15 is 0 Å². The lowest BCUT2D eigenvalue weighted by molar-refractivity contribution is 0.125. The predicted octanol–water partition coefficient (Wildman–Crippen LogP) is 2.99. The van der Waals surface area contributed by atoms with Gasteiger partial charge in [0.05, 0.1) is 12.7 Å². The second-order valence-corrected chi connectivity index (χ2v) is 5.65. The molecule has 0 amide bonds. The van der Waals surface area contributed by atoms with Gasteiger partial charge in [0.2, 0.25) is 0 Å². The fraction of sp³-hybridized carbons (Fsp3) is 0.625. The van der Waals surface area contributed by atoms with Crippen LogP contribution in [0.1, 0.15) is 38.4 Å². The average molecular weight is 263 g/mol. The third-order valence-corrected chi connectivity index (χ3v) is 3.65. The van der Waals surface area contributed by atoms with Gasteiger partial charge in [-0.05, 0) is 24.8 Å². The molecule has 0 fully saturated rings. The van der Waals surface area contributed by atoms with E-state index in [1.54, 1.807) is 0 Å². The summed E-state index contributed by atoms with van der Waals surface area (Å²) in [6.07, 6.45) is 1.62. The Morgan fingerprint density at radius 1 is 1.32 bits per heavy atom. The van der Waals surface area contributed by atoms with E-state index in [4.69, 9.17) is 4.74 Å². The van der Waals surface area contributed by atoms with Crippen LogP contribution in [0.15, 0.2) is 24.3 Å². The molecule has 1 aliphatic rings. The Hall–Kier alpha value is -1.06. The summed E-state index contributed by atoms with van der Waals surface area (Å²) in [6, 6.07) is 8.13. The van der Waals surface area contributed by atoms with E-state index in [1.807, 2.05) is 18.2 Å². The normalized spacial score (nSPS) is 18.7. The summed E-state index contributed by atoms with van der Waals surface area (Å²) in [5.74, 6) is 0.700. The molecule has 0 spiro atoms. The summed E-state index contributed by atoms with van der Waals surface area (Å²) in [4.78, 5) is 2.32. The van der Waals surface area contributed by atoms with Crippen molar-refractivity contribution >= 4 is 5.69 Å². The first-order chi connectivity index (χ1) is 9.18. The van der Waals surface area contributed by atoms with Crippen molar-refractivity contribution in [2.45, 2.75) is 32.8 Å². The van der Waals surface area contributed by atoms with Crippen LogP contribution >= 0.6 is 0 Å². The third kappa shape index (κ3) is 3.95. The number of para-hydroxylation sites is 1. The summed E-state index contributed by atoms with van der Waals surface area (Å²) >= 11 is 0. The molecule has 19 heavy (non-hydrogen) atoms. The molecular formula is C16H25NO2. The molecule has 0 radical (unpaired) electrons. The number of hydrogen-bond donors (Lipinski definition) is 1. The van der Waals surface area contributed by atoms with Crippen molar-refractivity contribution in [3.63, 3.8) is 0 Å². The Labute approximate surface area is 116 Å². The van der Waals surface area contributed by atoms with Crippen molar-refractivity contribution in [2.24, 2.45) is 5.92 Å². The van der Waals surface area contributed by atoms with E-state index in [2.05, 4.69) is 24.8 Å². The van der Waals surface area contributed by atoms with Crippen LogP contribution in [-0.4, -0.2) is 31.4 Å². The van der Waals surface area contributed by atoms with Crippen molar-refractivity contribution < 1.29 is 9.84 Å². The molecule has 0 saturated heterocycles. The second-order valence-electron chi connectivity index (χ2n) is 5.65. The number of aliphatic hydroxyl groups is 1. The van der Waals surface area contributed by atoms with Gasteiger partial charge < -0.3 is 14.7 Å². The minimum atomic E-state index is -0.311. The van der Waals surface area contributed by atoms with Gasteiger partial charge in [-0.2, -0.15) is 0 Å². The Balaban J connectivity index is 1.83. The summed E-state index contributed by atoms with van der Waals surface area (Å²) in [6.45, 7) is 7.84. The van der Waals surface area contributed by atoms with E-state index in [1.165, 1.54) is 0 Å². The maximum absolute atomic E-state index is 9.99. The fourth-order valence-corrected chi connectivity index (χ4v) is 2.44. The molecule has 1 aromatic rings. The van der Waals surface area contributed by atoms with E-state index < -0.39 is 0 Å². The van der Waals surface area contributed by atoms with Crippen LogP contribution in [0.3, 0.4) is 0 Å². The van der Waals surface area contributed by atoms with E-state index in [0.29, 0.717) is 5.92 Å². The van der Waals surface area contributed by atoms with E-state index in [-0.39, 0.29) is 6.10 Å².